The van der Waals surface area contributed by atoms with Gasteiger partial charge in [0.15, 0.2) is 0 Å². The first kappa shape index (κ1) is 31.7. The summed E-state index contributed by atoms with van der Waals surface area (Å²) in [6.07, 6.45) is 6.01. The summed E-state index contributed by atoms with van der Waals surface area (Å²) in [7, 11) is 0. The van der Waals surface area contributed by atoms with Gasteiger partial charge in [-0.3, -0.25) is 0 Å². The Labute approximate surface area is 321 Å². The fraction of sp³-hybridized carbons (Fsp3) is 0.0400. The van der Waals surface area contributed by atoms with Crippen LogP contribution in [0.15, 0.2) is 163 Å². The molecular formula is C50H31N5O. The van der Waals surface area contributed by atoms with Crippen molar-refractivity contribution < 1.29 is 4.42 Å². The van der Waals surface area contributed by atoms with Crippen LogP contribution in [0.3, 0.4) is 0 Å². The summed E-state index contributed by atoms with van der Waals surface area (Å²) in [4.78, 5) is 0. The van der Waals surface area contributed by atoms with Crippen molar-refractivity contribution in [3.63, 3.8) is 0 Å². The number of fused-ring (bicyclic) bond motifs is 11. The van der Waals surface area contributed by atoms with E-state index in [1.807, 2.05) is 60.7 Å². The van der Waals surface area contributed by atoms with Crippen molar-refractivity contribution in [2.45, 2.75) is 12.8 Å². The number of para-hydroxylation sites is 4. The van der Waals surface area contributed by atoms with E-state index in [2.05, 4.69) is 124 Å². The number of rotatable bonds is 6. The molecule has 0 aliphatic carbocycles. The van der Waals surface area contributed by atoms with E-state index < -0.39 is 0 Å². The van der Waals surface area contributed by atoms with Crippen molar-refractivity contribution in [3.05, 3.63) is 175 Å². The maximum Gasteiger partial charge on any atom is 0.145 e. The van der Waals surface area contributed by atoms with Gasteiger partial charge in [-0.15, -0.1) is 6.58 Å². The first-order chi connectivity index (χ1) is 27.7. The zero-order chi connectivity index (χ0) is 37.5. The Bertz CT molecular complexity index is 3480. The average molecular weight is 718 g/mol. The minimum absolute atomic E-state index is 0.457. The van der Waals surface area contributed by atoms with Gasteiger partial charge in [0.2, 0.25) is 0 Å². The van der Waals surface area contributed by atoms with Gasteiger partial charge in [-0.2, -0.15) is 10.5 Å². The molecule has 0 aliphatic heterocycles. The van der Waals surface area contributed by atoms with Gasteiger partial charge in [-0.05, 0) is 85.1 Å². The van der Waals surface area contributed by atoms with Gasteiger partial charge in [0.05, 0.1) is 56.0 Å². The summed E-state index contributed by atoms with van der Waals surface area (Å²) in [6, 6.07) is 52.6. The van der Waals surface area contributed by atoms with Crippen LogP contribution >= 0.6 is 0 Å². The largest absolute Gasteiger partial charge is 0.455 e. The molecule has 0 bridgehead atoms. The molecule has 0 fully saturated rings. The van der Waals surface area contributed by atoms with Crippen LogP contribution in [0.4, 0.5) is 0 Å². The quantitative estimate of drug-likeness (QED) is 0.161. The third-order valence-corrected chi connectivity index (χ3v) is 11.3. The molecule has 4 aromatic heterocycles. The number of furan rings is 1. The van der Waals surface area contributed by atoms with E-state index in [4.69, 9.17) is 4.42 Å². The summed E-state index contributed by atoms with van der Waals surface area (Å²) in [5, 5.41) is 29.1. The predicted molar refractivity (Wildman–Crippen MR) is 227 cm³/mol. The molecule has 0 N–H and O–H groups in total. The standard InChI is InChI=1S/C50H31N5O/c1-2-3-12-32-30-53(41-17-8-4-13-34(32)41)33-21-23-44-39(27-33)49-45(24-22-38-37-16-7-11-20-48(37)56-50(38)49)55(44)47-26-31(28-51)25-46(40(47)29-52)54-42-18-9-5-14-35(42)36-15-6-10-19-43(36)54/h2,4-11,13-27,30H,1,3,12H2. The van der Waals surface area contributed by atoms with Gasteiger partial charge in [0.1, 0.15) is 22.8 Å². The predicted octanol–water partition coefficient (Wildman–Crippen LogP) is 12.6. The van der Waals surface area contributed by atoms with Crippen LogP contribution in [-0.2, 0) is 6.42 Å². The molecule has 6 heteroatoms. The van der Waals surface area contributed by atoms with E-state index >= 15 is 0 Å². The van der Waals surface area contributed by atoms with Crippen molar-refractivity contribution in [2.75, 3.05) is 0 Å². The molecule has 7 aromatic carbocycles. The summed E-state index contributed by atoms with van der Waals surface area (Å²) < 4.78 is 13.3. The molecule has 0 aliphatic rings. The molecule has 11 aromatic rings. The summed E-state index contributed by atoms with van der Waals surface area (Å²) in [5.74, 6) is 0. The SMILES string of the molecule is C=CCCc1cn(-c2ccc3c(c2)c2c4oc5ccccc5c4ccc2n3-c2cc(C#N)cc(-n3c4ccccc4c4ccccc43)c2C#N)c2ccccc12. The molecular weight excluding hydrogens is 687 g/mol. The van der Waals surface area contributed by atoms with Crippen molar-refractivity contribution in [1.82, 2.24) is 13.7 Å². The Kier molecular flexibility index (Phi) is 6.86. The minimum atomic E-state index is 0.457. The first-order valence-electron chi connectivity index (χ1n) is 18.7. The smallest absolute Gasteiger partial charge is 0.145 e. The molecule has 4 heterocycles. The molecule has 262 valence electrons. The normalized spacial score (nSPS) is 11.8. The Morgan fingerprint density at radius 2 is 1.18 bits per heavy atom. The van der Waals surface area contributed by atoms with Crippen LogP contribution in [-0.4, -0.2) is 13.7 Å². The first-order valence-corrected chi connectivity index (χ1v) is 18.7. The zero-order valence-corrected chi connectivity index (χ0v) is 30.2. The van der Waals surface area contributed by atoms with Gasteiger partial charge in [0, 0.05) is 44.2 Å². The third kappa shape index (κ3) is 4.42. The molecule has 0 atom stereocenters. The van der Waals surface area contributed by atoms with Crippen molar-refractivity contribution in [2.24, 2.45) is 0 Å². The molecule has 0 radical (unpaired) electrons. The van der Waals surface area contributed by atoms with Crippen LogP contribution in [0.25, 0.3) is 93.5 Å². The second-order valence-electron chi connectivity index (χ2n) is 14.3. The van der Waals surface area contributed by atoms with E-state index in [1.165, 1.54) is 10.9 Å². The van der Waals surface area contributed by atoms with Crippen LogP contribution in [0.1, 0.15) is 23.1 Å². The maximum atomic E-state index is 11.2. The van der Waals surface area contributed by atoms with E-state index in [-0.39, 0.29) is 0 Å². The minimum Gasteiger partial charge on any atom is -0.455 e. The van der Waals surface area contributed by atoms with Gasteiger partial charge in [-0.25, -0.2) is 0 Å². The highest BCUT2D eigenvalue weighted by molar-refractivity contribution is 6.24. The number of benzene rings is 7. The Balaban J connectivity index is 1.26. The fourth-order valence-corrected chi connectivity index (χ4v) is 8.93. The third-order valence-electron chi connectivity index (χ3n) is 11.3. The second-order valence-corrected chi connectivity index (χ2v) is 14.3. The number of hydrogen-bond donors (Lipinski definition) is 0. The Hall–Kier alpha value is -7.80. The Morgan fingerprint density at radius 1 is 0.571 bits per heavy atom. The molecule has 0 amide bonds. The van der Waals surface area contributed by atoms with Crippen LogP contribution in [0.2, 0.25) is 0 Å². The molecule has 0 saturated carbocycles. The Morgan fingerprint density at radius 3 is 1.88 bits per heavy atom. The highest BCUT2D eigenvalue weighted by atomic mass is 16.3. The number of hydrogen-bond acceptors (Lipinski definition) is 3. The van der Waals surface area contributed by atoms with Crippen molar-refractivity contribution in [1.29, 1.82) is 10.5 Å². The van der Waals surface area contributed by atoms with Gasteiger partial charge < -0.3 is 18.1 Å². The highest BCUT2D eigenvalue weighted by Crippen LogP contribution is 2.43. The second kappa shape index (κ2) is 12.1. The van der Waals surface area contributed by atoms with Crippen LogP contribution < -0.4 is 0 Å². The number of aromatic nitrogens is 3. The number of nitriles is 2. The van der Waals surface area contributed by atoms with Crippen molar-refractivity contribution in [3.8, 4) is 29.2 Å². The lowest BCUT2D eigenvalue weighted by molar-refractivity contribution is 0.673. The molecule has 0 spiro atoms. The lowest BCUT2D eigenvalue weighted by Crippen LogP contribution is -2.05. The van der Waals surface area contributed by atoms with E-state index in [9.17, 15) is 10.5 Å². The lowest BCUT2D eigenvalue weighted by Gasteiger charge is -2.16. The van der Waals surface area contributed by atoms with Gasteiger partial charge in [-0.1, -0.05) is 78.9 Å². The van der Waals surface area contributed by atoms with Crippen molar-refractivity contribution >= 4 is 76.5 Å². The van der Waals surface area contributed by atoms with Crippen LogP contribution in [0.5, 0.6) is 0 Å². The average Bonchev–Trinajstić information content (AvgIpc) is 4.00. The lowest BCUT2D eigenvalue weighted by atomic mass is 10.1. The molecule has 0 saturated heterocycles. The number of allylic oxidation sites excluding steroid dienone is 1. The molecule has 6 nitrogen and oxygen atoms in total. The van der Waals surface area contributed by atoms with E-state index in [0.29, 0.717) is 22.5 Å². The topological polar surface area (TPSA) is 75.5 Å². The monoisotopic (exact) mass is 717 g/mol. The molecule has 11 rings (SSSR count). The van der Waals surface area contributed by atoms with Gasteiger partial charge >= 0.3 is 0 Å². The zero-order valence-electron chi connectivity index (χ0n) is 30.2. The summed E-state index contributed by atoms with van der Waals surface area (Å²) in [5.41, 5.74) is 10.9. The maximum absolute atomic E-state index is 11.2. The molecule has 0 unspecified atom stereocenters. The van der Waals surface area contributed by atoms with Gasteiger partial charge in [0.25, 0.3) is 0 Å². The van der Waals surface area contributed by atoms with E-state index in [0.717, 1.165) is 89.6 Å². The molecule has 56 heavy (non-hydrogen) atoms. The summed E-state index contributed by atoms with van der Waals surface area (Å²) in [6.45, 7) is 3.96. The highest BCUT2D eigenvalue weighted by Gasteiger charge is 2.24. The number of nitrogens with zero attached hydrogens (tertiary/aromatic N) is 5. The van der Waals surface area contributed by atoms with Crippen LogP contribution in [0, 0.1) is 22.7 Å². The van der Waals surface area contributed by atoms with E-state index in [1.54, 1.807) is 0 Å². The summed E-state index contributed by atoms with van der Waals surface area (Å²) >= 11 is 0. The fourth-order valence-electron chi connectivity index (χ4n) is 8.93. The number of aryl methyl sites for hydroxylation is 1.